The number of rotatable bonds is 7. The minimum absolute atomic E-state index is 0.0144. The summed E-state index contributed by atoms with van der Waals surface area (Å²) < 4.78 is 1.80. The molecule has 0 amide bonds. The molecule has 0 bridgehead atoms. The Bertz CT molecular complexity index is 921. The molecule has 0 spiro atoms. The number of Topliss-reactive ketones (excluding diaryl/α,β-unsaturated/α-hetero) is 1. The molecule has 0 saturated heterocycles. The topological polar surface area (TPSA) is 92.4 Å². The highest BCUT2D eigenvalue weighted by atomic mass is 32.2. The van der Waals surface area contributed by atoms with Crippen molar-refractivity contribution in [2.45, 2.75) is 11.7 Å². The predicted octanol–water partition coefficient (Wildman–Crippen LogP) is 2.70. The fraction of sp³-hybridized carbons (Fsp3) is 0.167. The zero-order chi connectivity index (χ0) is 17.8. The van der Waals surface area contributed by atoms with Crippen LogP contribution in [0.2, 0.25) is 0 Å². The second-order valence-electron chi connectivity index (χ2n) is 5.36. The lowest BCUT2D eigenvalue weighted by Gasteiger charge is -2.06. The van der Waals surface area contributed by atoms with Crippen molar-refractivity contribution in [3.05, 3.63) is 59.7 Å². The lowest BCUT2D eigenvalue weighted by Crippen LogP contribution is -2.06. The van der Waals surface area contributed by atoms with Crippen LogP contribution in [0.1, 0.15) is 20.7 Å². The monoisotopic (exact) mass is 356 g/mol. The third-order valence-corrected chi connectivity index (χ3v) is 4.69. The van der Waals surface area contributed by atoms with Crippen molar-refractivity contribution >= 4 is 34.5 Å². The molecule has 7 heteroatoms. The minimum atomic E-state index is -1.02. The molecule has 0 fully saturated rings. The Morgan fingerprint density at radius 1 is 1.08 bits per heavy atom. The Balaban J connectivity index is 1.88. The Labute approximate surface area is 148 Å². The first-order chi connectivity index (χ1) is 12.1. The number of hydrogen-bond donors (Lipinski definition) is 2. The van der Waals surface area contributed by atoms with Crippen LogP contribution in [0.3, 0.4) is 0 Å². The summed E-state index contributed by atoms with van der Waals surface area (Å²) in [6.07, 6.45) is 0. The molecule has 2 N–H and O–H groups in total. The van der Waals surface area contributed by atoms with Crippen LogP contribution < -0.4 is 0 Å². The highest BCUT2D eigenvalue weighted by Crippen LogP contribution is 2.25. The Kier molecular flexibility index (Phi) is 5.16. The van der Waals surface area contributed by atoms with Gasteiger partial charge in [-0.25, -0.2) is 9.78 Å². The number of aliphatic hydroxyl groups is 1. The second-order valence-corrected chi connectivity index (χ2v) is 6.30. The number of imidazole rings is 1. The Hall–Kier alpha value is -2.64. The van der Waals surface area contributed by atoms with Crippen molar-refractivity contribution in [2.75, 3.05) is 12.4 Å². The first-order valence-corrected chi connectivity index (χ1v) is 8.64. The SMILES string of the molecule is O=C(O)c1ccc2c(c1)nc(SCC(=O)c1ccccc1)n2CCO. The number of ketones is 1. The van der Waals surface area contributed by atoms with Gasteiger partial charge in [0.2, 0.25) is 0 Å². The van der Waals surface area contributed by atoms with Gasteiger partial charge in [0.1, 0.15) is 0 Å². The fourth-order valence-corrected chi connectivity index (χ4v) is 3.44. The average molecular weight is 356 g/mol. The van der Waals surface area contributed by atoms with E-state index in [1.165, 1.54) is 23.9 Å². The maximum Gasteiger partial charge on any atom is 0.335 e. The number of nitrogens with zero attached hydrogens (tertiary/aromatic N) is 2. The quantitative estimate of drug-likeness (QED) is 0.499. The third-order valence-electron chi connectivity index (χ3n) is 3.71. The van der Waals surface area contributed by atoms with Gasteiger partial charge < -0.3 is 14.8 Å². The molecular weight excluding hydrogens is 340 g/mol. The van der Waals surface area contributed by atoms with E-state index in [1.807, 2.05) is 18.2 Å². The zero-order valence-corrected chi connectivity index (χ0v) is 14.1. The van der Waals surface area contributed by atoms with Crippen LogP contribution in [-0.4, -0.2) is 43.9 Å². The van der Waals surface area contributed by atoms with Crippen LogP contribution in [0.25, 0.3) is 11.0 Å². The summed E-state index contributed by atoms with van der Waals surface area (Å²) in [7, 11) is 0. The molecule has 0 atom stereocenters. The third kappa shape index (κ3) is 3.72. The molecule has 0 saturated carbocycles. The van der Waals surface area contributed by atoms with E-state index < -0.39 is 5.97 Å². The molecule has 0 radical (unpaired) electrons. The summed E-state index contributed by atoms with van der Waals surface area (Å²) >= 11 is 1.27. The summed E-state index contributed by atoms with van der Waals surface area (Å²) in [5.41, 5.74) is 2.04. The number of hydrogen-bond acceptors (Lipinski definition) is 5. The number of carboxylic acid groups (broad SMARTS) is 1. The van der Waals surface area contributed by atoms with Gasteiger partial charge in [-0.05, 0) is 18.2 Å². The molecule has 3 rings (SSSR count). The van der Waals surface area contributed by atoms with E-state index in [0.29, 0.717) is 22.8 Å². The van der Waals surface area contributed by atoms with Gasteiger partial charge in [-0.2, -0.15) is 0 Å². The number of aromatic nitrogens is 2. The first kappa shape index (κ1) is 17.2. The van der Waals surface area contributed by atoms with E-state index in [4.69, 9.17) is 5.11 Å². The number of thioether (sulfide) groups is 1. The number of aromatic carboxylic acids is 1. The van der Waals surface area contributed by atoms with Gasteiger partial charge in [0.25, 0.3) is 0 Å². The van der Waals surface area contributed by atoms with Gasteiger partial charge in [0.15, 0.2) is 10.9 Å². The lowest BCUT2D eigenvalue weighted by atomic mass is 10.2. The van der Waals surface area contributed by atoms with Crippen molar-refractivity contribution < 1.29 is 19.8 Å². The molecule has 128 valence electrons. The van der Waals surface area contributed by atoms with Crippen molar-refractivity contribution in [3.8, 4) is 0 Å². The van der Waals surface area contributed by atoms with Crippen LogP contribution in [0.4, 0.5) is 0 Å². The van der Waals surface area contributed by atoms with Crippen LogP contribution in [0.5, 0.6) is 0 Å². The number of benzene rings is 2. The molecule has 1 aromatic heterocycles. The minimum Gasteiger partial charge on any atom is -0.478 e. The summed E-state index contributed by atoms with van der Waals surface area (Å²) in [6, 6.07) is 13.7. The summed E-state index contributed by atoms with van der Waals surface area (Å²) in [5.74, 6) is -0.823. The summed E-state index contributed by atoms with van der Waals surface area (Å²) in [6.45, 7) is 0.247. The predicted molar refractivity (Wildman–Crippen MR) is 95.3 cm³/mol. The highest BCUT2D eigenvalue weighted by Gasteiger charge is 2.15. The fourth-order valence-electron chi connectivity index (χ4n) is 2.50. The number of fused-ring (bicyclic) bond motifs is 1. The van der Waals surface area contributed by atoms with E-state index in [2.05, 4.69) is 4.98 Å². The Morgan fingerprint density at radius 2 is 1.84 bits per heavy atom. The van der Waals surface area contributed by atoms with E-state index in [-0.39, 0.29) is 23.7 Å². The highest BCUT2D eigenvalue weighted by molar-refractivity contribution is 7.99. The first-order valence-electron chi connectivity index (χ1n) is 7.65. The number of carbonyl (C=O) groups excluding carboxylic acids is 1. The molecule has 25 heavy (non-hydrogen) atoms. The normalized spacial score (nSPS) is 10.9. The number of carbonyl (C=O) groups is 2. The van der Waals surface area contributed by atoms with E-state index in [9.17, 15) is 14.7 Å². The number of aliphatic hydroxyl groups excluding tert-OH is 1. The zero-order valence-electron chi connectivity index (χ0n) is 13.3. The Morgan fingerprint density at radius 3 is 2.52 bits per heavy atom. The molecule has 0 unspecified atom stereocenters. The van der Waals surface area contributed by atoms with Gasteiger partial charge >= 0.3 is 5.97 Å². The van der Waals surface area contributed by atoms with Crippen LogP contribution in [-0.2, 0) is 6.54 Å². The van der Waals surface area contributed by atoms with Gasteiger partial charge in [-0.15, -0.1) is 0 Å². The van der Waals surface area contributed by atoms with E-state index >= 15 is 0 Å². The van der Waals surface area contributed by atoms with E-state index in [1.54, 1.807) is 22.8 Å². The maximum atomic E-state index is 12.3. The smallest absolute Gasteiger partial charge is 0.335 e. The molecule has 3 aromatic rings. The molecule has 6 nitrogen and oxygen atoms in total. The maximum absolute atomic E-state index is 12.3. The molecular formula is C18H16N2O4S. The van der Waals surface area contributed by atoms with Gasteiger partial charge in [-0.3, -0.25) is 4.79 Å². The standard InChI is InChI=1S/C18H16N2O4S/c21-9-8-20-15-7-6-13(17(23)24)10-14(15)19-18(20)25-11-16(22)12-4-2-1-3-5-12/h1-7,10,21H,8-9,11H2,(H,23,24). The van der Waals surface area contributed by atoms with Crippen molar-refractivity contribution in [2.24, 2.45) is 0 Å². The van der Waals surface area contributed by atoms with Gasteiger partial charge in [0, 0.05) is 12.1 Å². The van der Waals surface area contributed by atoms with Crippen molar-refractivity contribution in [1.82, 2.24) is 9.55 Å². The average Bonchev–Trinajstić information content (AvgIpc) is 2.97. The van der Waals surface area contributed by atoms with Gasteiger partial charge in [-0.1, -0.05) is 42.1 Å². The lowest BCUT2D eigenvalue weighted by molar-refractivity contribution is 0.0696. The number of carboxylic acids is 1. The van der Waals surface area contributed by atoms with Crippen LogP contribution in [0.15, 0.2) is 53.7 Å². The van der Waals surface area contributed by atoms with Crippen molar-refractivity contribution in [1.29, 1.82) is 0 Å². The summed E-state index contributed by atoms with van der Waals surface area (Å²) in [5, 5.41) is 19.0. The molecule has 0 aliphatic rings. The summed E-state index contributed by atoms with van der Waals surface area (Å²) in [4.78, 5) is 27.8. The molecule has 0 aliphatic heterocycles. The molecule has 2 aromatic carbocycles. The molecule has 1 heterocycles. The van der Waals surface area contributed by atoms with Crippen molar-refractivity contribution in [3.63, 3.8) is 0 Å². The van der Waals surface area contributed by atoms with Gasteiger partial charge in [0.05, 0.1) is 29.0 Å². The van der Waals surface area contributed by atoms with E-state index in [0.717, 1.165) is 5.52 Å². The van der Waals surface area contributed by atoms with Crippen LogP contribution in [0, 0.1) is 0 Å². The largest absolute Gasteiger partial charge is 0.478 e. The van der Waals surface area contributed by atoms with Crippen LogP contribution >= 0.6 is 11.8 Å². The molecule has 0 aliphatic carbocycles. The second kappa shape index (κ2) is 7.50.